The van der Waals surface area contributed by atoms with Crippen LogP contribution < -0.4 is 4.74 Å². The van der Waals surface area contributed by atoms with Crippen LogP contribution in [0.2, 0.25) is 0 Å². The average Bonchev–Trinajstić information content (AvgIpc) is 2.87. The van der Waals surface area contributed by atoms with Crippen molar-refractivity contribution in [1.82, 2.24) is 9.80 Å². The first-order valence-corrected chi connectivity index (χ1v) is 8.50. The Kier molecular flexibility index (Phi) is 4.05. The van der Waals surface area contributed by atoms with Gasteiger partial charge in [0.1, 0.15) is 17.0 Å². The average molecular weight is 343 g/mol. The number of likely N-dealkylation sites (tertiary alicyclic amines) is 1. The normalized spacial score (nSPS) is 30.8. The molecule has 1 saturated heterocycles. The fourth-order valence-corrected chi connectivity index (χ4v) is 3.87. The molecule has 3 rings (SSSR count). The number of carbonyl (C=O) groups is 1. The molecule has 2 aliphatic heterocycles. The molecule has 3 unspecified atom stereocenters. The molecule has 25 heavy (non-hydrogen) atoms. The van der Waals surface area contributed by atoms with Crippen LogP contribution in [0, 0.1) is 11.3 Å². The maximum atomic E-state index is 12.0. The summed E-state index contributed by atoms with van der Waals surface area (Å²) in [5.74, 6) is 0.777. The Morgan fingerprint density at radius 1 is 1.40 bits per heavy atom. The number of nitrogens with zero attached hydrogens (tertiary/aromatic N) is 3. The molecule has 0 bridgehead atoms. The van der Waals surface area contributed by atoms with E-state index >= 15 is 0 Å². The Balaban J connectivity index is 2.09. The molecule has 1 fully saturated rings. The second kappa shape index (κ2) is 5.72. The zero-order chi connectivity index (χ0) is 18.6. The van der Waals surface area contributed by atoms with Crippen molar-refractivity contribution < 1.29 is 14.6 Å². The smallest absolute Gasteiger partial charge is 0.224 e. The molecule has 1 N–H and O–H groups in total. The number of aliphatic hydroxyl groups is 1. The first-order valence-electron chi connectivity index (χ1n) is 8.50. The lowest BCUT2D eigenvalue weighted by atomic mass is 9.74. The summed E-state index contributed by atoms with van der Waals surface area (Å²) in [6.45, 7) is 6.11. The van der Waals surface area contributed by atoms with E-state index in [1.54, 1.807) is 37.1 Å². The van der Waals surface area contributed by atoms with E-state index < -0.39 is 11.2 Å². The molecule has 0 saturated carbocycles. The van der Waals surface area contributed by atoms with Gasteiger partial charge in [-0.25, -0.2) is 0 Å². The Morgan fingerprint density at radius 3 is 2.64 bits per heavy atom. The van der Waals surface area contributed by atoms with Gasteiger partial charge in [-0.1, -0.05) is 0 Å². The van der Waals surface area contributed by atoms with Crippen molar-refractivity contribution in [3.63, 3.8) is 0 Å². The molecule has 6 nitrogen and oxygen atoms in total. The molecule has 0 aromatic heterocycles. The summed E-state index contributed by atoms with van der Waals surface area (Å²) < 4.78 is 6.06. The van der Waals surface area contributed by atoms with Gasteiger partial charge in [0.25, 0.3) is 0 Å². The Morgan fingerprint density at radius 2 is 2.08 bits per heavy atom. The maximum absolute atomic E-state index is 12.0. The van der Waals surface area contributed by atoms with Crippen LogP contribution in [0.25, 0.3) is 0 Å². The van der Waals surface area contributed by atoms with Gasteiger partial charge >= 0.3 is 0 Å². The highest BCUT2D eigenvalue weighted by Gasteiger charge is 2.55. The van der Waals surface area contributed by atoms with Crippen LogP contribution in [0.3, 0.4) is 0 Å². The number of ether oxygens (including phenoxy) is 1. The molecular weight excluding hydrogens is 318 g/mol. The zero-order valence-corrected chi connectivity index (χ0v) is 15.4. The van der Waals surface area contributed by atoms with E-state index in [1.807, 2.05) is 20.9 Å². The van der Waals surface area contributed by atoms with Crippen LogP contribution in [0.1, 0.15) is 44.4 Å². The third-order valence-electron chi connectivity index (χ3n) is 5.85. The molecule has 3 atom stereocenters. The van der Waals surface area contributed by atoms with Crippen molar-refractivity contribution in [3.8, 4) is 11.8 Å². The predicted molar refractivity (Wildman–Crippen MR) is 93.0 cm³/mol. The number of hydrogen-bond donors (Lipinski definition) is 1. The van der Waals surface area contributed by atoms with Crippen LogP contribution in [0.5, 0.6) is 5.75 Å². The van der Waals surface area contributed by atoms with Crippen LogP contribution >= 0.6 is 0 Å². The molecule has 0 aliphatic carbocycles. The highest BCUT2D eigenvalue weighted by Crippen LogP contribution is 2.49. The lowest BCUT2D eigenvalue weighted by molar-refractivity contribution is -0.166. The van der Waals surface area contributed by atoms with E-state index in [4.69, 9.17) is 4.74 Å². The zero-order valence-electron chi connectivity index (χ0n) is 15.4. The quantitative estimate of drug-likeness (QED) is 0.884. The summed E-state index contributed by atoms with van der Waals surface area (Å²) in [5, 5.41) is 20.6. The number of fused-ring (bicyclic) bond motifs is 1. The van der Waals surface area contributed by atoms with E-state index in [-0.39, 0.29) is 18.0 Å². The van der Waals surface area contributed by atoms with E-state index in [9.17, 15) is 15.2 Å². The van der Waals surface area contributed by atoms with Crippen LogP contribution in [-0.2, 0) is 4.79 Å². The minimum Gasteiger partial charge on any atom is -0.484 e. The lowest BCUT2D eigenvalue weighted by Crippen LogP contribution is -2.62. The molecule has 2 heterocycles. The van der Waals surface area contributed by atoms with Crippen LogP contribution in [-0.4, -0.2) is 58.7 Å². The number of rotatable bonds is 2. The van der Waals surface area contributed by atoms with Gasteiger partial charge in [0, 0.05) is 31.6 Å². The number of hydrogen-bond acceptors (Lipinski definition) is 5. The van der Waals surface area contributed by atoms with Gasteiger partial charge in [0.15, 0.2) is 0 Å². The highest BCUT2D eigenvalue weighted by atomic mass is 16.5. The van der Waals surface area contributed by atoms with E-state index in [1.165, 1.54) is 0 Å². The van der Waals surface area contributed by atoms with Gasteiger partial charge in [-0.15, -0.1) is 0 Å². The van der Waals surface area contributed by atoms with Crippen molar-refractivity contribution in [2.75, 3.05) is 20.6 Å². The molecule has 1 aromatic rings. The summed E-state index contributed by atoms with van der Waals surface area (Å²) >= 11 is 0. The summed E-state index contributed by atoms with van der Waals surface area (Å²) in [6.07, 6.45) is 0.425. The lowest BCUT2D eigenvalue weighted by Gasteiger charge is -2.53. The Hall–Kier alpha value is -2.10. The van der Waals surface area contributed by atoms with Gasteiger partial charge in [0.2, 0.25) is 5.91 Å². The van der Waals surface area contributed by atoms with Crippen molar-refractivity contribution in [1.29, 1.82) is 5.26 Å². The van der Waals surface area contributed by atoms with E-state index in [2.05, 4.69) is 11.0 Å². The van der Waals surface area contributed by atoms with Crippen LogP contribution in [0.4, 0.5) is 0 Å². The monoisotopic (exact) mass is 343 g/mol. The topological polar surface area (TPSA) is 76.8 Å². The van der Waals surface area contributed by atoms with Crippen molar-refractivity contribution in [2.24, 2.45) is 0 Å². The third kappa shape index (κ3) is 2.68. The highest BCUT2D eigenvalue weighted by molar-refractivity contribution is 5.79. The molecular formula is C19H25N3O3. The minimum absolute atomic E-state index is 0.00136. The second-order valence-electron chi connectivity index (χ2n) is 7.82. The fraction of sp³-hybridized carbons (Fsp3) is 0.579. The molecule has 134 valence electrons. The Labute approximate surface area is 148 Å². The molecule has 6 heteroatoms. The van der Waals surface area contributed by atoms with Crippen molar-refractivity contribution >= 4 is 5.91 Å². The SMILES string of the molecule is CN1CC(N(C)C2c3cc(C#N)ccc3OC(C)(C)C2(C)O)CC1=O. The number of likely N-dealkylation sites (N-methyl/N-ethyl adjacent to an activating group) is 2. The minimum atomic E-state index is -1.20. The van der Waals surface area contributed by atoms with Gasteiger partial charge in [0.05, 0.1) is 17.7 Å². The molecule has 0 spiro atoms. The molecule has 2 aliphatic rings. The standard InChI is InChI=1S/C19H25N3O3/c1-18(2)19(3,24)17(22(5)13-9-16(23)21(4)11-13)14-8-12(10-20)6-7-15(14)25-18/h6-8,13,17,24H,9,11H2,1-5H3. The summed E-state index contributed by atoms with van der Waals surface area (Å²) in [6, 6.07) is 7.06. The molecule has 1 amide bonds. The van der Waals surface area contributed by atoms with E-state index in [0.29, 0.717) is 24.3 Å². The van der Waals surface area contributed by atoms with E-state index in [0.717, 1.165) is 5.56 Å². The van der Waals surface area contributed by atoms with Crippen molar-refractivity contribution in [3.05, 3.63) is 29.3 Å². The molecule has 0 radical (unpaired) electrons. The number of benzene rings is 1. The molecule has 1 aromatic carbocycles. The second-order valence-corrected chi connectivity index (χ2v) is 7.82. The third-order valence-corrected chi connectivity index (χ3v) is 5.85. The first kappa shape index (κ1) is 17.7. The van der Waals surface area contributed by atoms with Gasteiger partial charge in [-0.3, -0.25) is 9.69 Å². The fourth-order valence-electron chi connectivity index (χ4n) is 3.87. The summed E-state index contributed by atoms with van der Waals surface area (Å²) in [7, 11) is 3.73. The van der Waals surface area contributed by atoms with Crippen LogP contribution in [0.15, 0.2) is 18.2 Å². The summed E-state index contributed by atoms with van der Waals surface area (Å²) in [5.41, 5.74) is -0.710. The summed E-state index contributed by atoms with van der Waals surface area (Å²) in [4.78, 5) is 15.8. The van der Waals surface area contributed by atoms with Gasteiger partial charge in [-0.05, 0) is 46.0 Å². The number of carbonyl (C=O) groups excluding carboxylic acids is 1. The number of amides is 1. The van der Waals surface area contributed by atoms with Gasteiger partial charge < -0.3 is 14.7 Å². The van der Waals surface area contributed by atoms with Crippen molar-refractivity contribution in [2.45, 2.75) is 50.5 Å². The predicted octanol–water partition coefficient (Wildman–Crippen LogP) is 1.68. The number of nitriles is 1. The largest absolute Gasteiger partial charge is 0.484 e. The Bertz CT molecular complexity index is 751. The first-order chi connectivity index (χ1) is 11.6. The van der Waals surface area contributed by atoms with Gasteiger partial charge in [-0.2, -0.15) is 5.26 Å². The maximum Gasteiger partial charge on any atom is 0.224 e.